The standard InChI is InChI=1S/C6H14N.C5H10O.Li/c1-5(2)7-6(3)4;1-2-4-6-5-3-1;/h5-6H,1-4H3;1-5H2;/q-1;;+1. The fraction of sp³-hybridized carbons (Fsp3) is 1.00. The summed E-state index contributed by atoms with van der Waals surface area (Å²) in [4.78, 5) is 0. The maximum Gasteiger partial charge on any atom is 1.00 e. The molecule has 0 N–H and O–H groups in total. The molecule has 0 saturated carbocycles. The predicted molar refractivity (Wildman–Crippen MR) is 58.3 cm³/mol. The molecule has 80 valence electrons. The van der Waals surface area contributed by atoms with Crippen molar-refractivity contribution in [1.29, 1.82) is 0 Å². The van der Waals surface area contributed by atoms with E-state index >= 15 is 0 Å². The Morgan fingerprint density at radius 2 is 1.29 bits per heavy atom. The second-order valence-corrected chi connectivity index (χ2v) is 4.01. The summed E-state index contributed by atoms with van der Waals surface area (Å²) in [6, 6.07) is 1.000. The maximum absolute atomic E-state index is 5.07. The number of nitrogens with zero attached hydrogens (tertiary/aromatic N) is 1. The molecular weight excluding hydrogens is 169 g/mol. The van der Waals surface area contributed by atoms with Gasteiger partial charge in [0, 0.05) is 13.2 Å². The van der Waals surface area contributed by atoms with E-state index in [4.69, 9.17) is 4.74 Å². The van der Waals surface area contributed by atoms with Crippen LogP contribution in [-0.4, -0.2) is 25.3 Å². The normalized spacial score (nSPS) is 15.9. The minimum Gasteiger partial charge on any atom is -0.658 e. The first-order chi connectivity index (χ1) is 6.13. The van der Waals surface area contributed by atoms with E-state index in [9.17, 15) is 0 Å². The van der Waals surface area contributed by atoms with Gasteiger partial charge in [0.05, 0.1) is 0 Å². The van der Waals surface area contributed by atoms with Crippen LogP contribution in [0.25, 0.3) is 5.32 Å². The van der Waals surface area contributed by atoms with Crippen LogP contribution < -0.4 is 18.9 Å². The van der Waals surface area contributed by atoms with Gasteiger partial charge in [-0.1, -0.05) is 27.7 Å². The molecule has 2 nitrogen and oxygen atoms in total. The van der Waals surface area contributed by atoms with Crippen molar-refractivity contribution in [2.24, 2.45) is 0 Å². The molecule has 0 radical (unpaired) electrons. The van der Waals surface area contributed by atoms with Crippen LogP contribution in [0.4, 0.5) is 0 Å². The van der Waals surface area contributed by atoms with Crippen LogP contribution in [0, 0.1) is 0 Å². The third-order valence-electron chi connectivity index (χ3n) is 1.67. The Kier molecular flexibility index (Phi) is 14.0. The molecule has 14 heavy (non-hydrogen) atoms. The van der Waals surface area contributed by atoms with Gasteiger partial charge in [0.2, 0.25) is 0 Å². The second-order valence-electron chi connectivity index (χ2n) is 4.01. The van der Waals surface area contributed by atoms with Crippen molar-refractivity contribution in [2.45, 2.75) is 59.0 Å². The van der Waals surface area contributed by atoms with E-state index in [0.717, 1.165) is 13.2 Å². The van der Waals surface area contributed by atoms with Gasteiger partial charge in [-0.05, 0) is 19.3 Å². The van der Waals surface area contributed by atoms with E-state index in [-0.39, 0.29) is 18.9 Å². The van der Waals surface area contributed by atoms with Crippen LogP contribution in [0.5, 0.6) is 0 Å². The van der Waals surface area contributed by atoms with E-state index in [1.165, 1.54) is 19.3 Å². The third-order valence-corrected chi connectivity index (χ3v) is 1.67. The largest absolute Gasteiger partial charge is 1.00 e. The van der Waals surface area contributed by atoms with Crippen molar-refractivity contribution in [2.75, 3.05) is 13.2 Å². The zero-order valence-electron chi connectivity index (χ0n) is 10.5. The Hall–Kier alpha value is 0.517. The molecule has 0 spiro atoms. The fourth-order valence-electron chi connectivity index (χ4n) is 1.28. The van der Waals surface area contributed by atoms with Crippen LogP contribution in [0.3, 0.4) is 0 Å². The molecule has 1 rings (SSSR count). The Morgan fingerprint density at radius 1 is 0.857 bits per heavy atom. The molecular formula is C11H24LiNO. The molecule has 0 aromatic heterocycles. The van der Waals surface area contributed by atoms with Gasteiger partial charge in [0.25, 0.3) is 0 Å². The zero-order chi connectivity index (χ0) is 10.1. The summed E-state index contributed by atoms with van der Waals surface area (Å²) >= 11 is 0. The number of rotatable bonds is 2. The zero-order valence-corrected chi connectivity index (χ0v) is 10.5. The van der Waals surface area contributed by atoms with E-state index in [2.05, 4.69) is 33.0 Å². The summed E-state index contributed by atoms with van der Waals surface area (Å²) in [6.07, 6.45) is 3.93. The van der Waals surface area contributed by atoms with Gasteiger partial charge in [-0.2, -0.15) is 0 Å². The van der Waals surface area contributed by atoms with Gasteiger partial charge >= 0.3 is 18.9 Å². The average Bonchev–Trinajstić information content (AvgIpc) is 2.06. The molecule has 0 aromatic carbocycles. The van der Waals surface area contributed by atoms with E-state index in [1.54, 1.807) is 0 Å². The van der Waals surface area contributed by atoms with Gasteiger partial charge < -0.3 is 10.1 Å². The van der Waals surface area contributed by atoms with Gasteiger partial charge in [-0.3, -0.25) is 0 Å². The number of hydrogen-bond acceptors (Lipinski definition) is 1. The van der Waals surface area contributed by atoms with E-state index in [1.807, 2.05) is 0 Å². The summed E-state index contributed by atoms with van der Waals surface area (Å²) in [6.45, 7) is 10.4. The van der Waals surface area contributed by atoms with Gasteiger partial charge in [0.1, 0.15) is 0 Å². The Balaban J connectivity index is 0. The van der Waals surface area contributed by atoms with Gasteiger partial charge in [0.15, 0.2) is 0 Å². The minimum absolute atomic E-state index is 0. The van der Waals surface area contributed by atoms with Crippen molar-refractivity contribution in [1.82, 2.24) is 0 Å². The maximum atomic E-state index is 5.07. The van der Waals surface area contributed by atoms with Crippen LogP contribution >= 0.6 is 0 Å². The Labute approximate surface area is 101 Å². The van der Waals surface area contributed by atoms with Gasteiger partial charge in [-0.15, -0.1) is 12.1 Å². The smallest absolute Gasteiger partial charge is 0.658 e. The summed E-state index contributed by atoms with van der Waals surface area (Å²) in [5.74, 6) is 0. The first-order valence-corrected chi connectivity index (χ1v) is 5.40. The summed E-state index contributed by atoms with van der Waals surface area (Å²) < 4.78 is 5.07. The molecule has 0 bridgehead atoms. The first kappa shape index (κ1) is 16.9. The molecule has 1 aliphatic heterocycles. The minimum atomic E-state index is 0. The molecule has 0 unspecified atom stereocenters. The van der Waals surface area contributed by atoms with Crippen molar-refractivity contribution < 1.29 is 23.6 Å². The van der Waals surface area contributed by atoms with Crippen molar-refractivity contribution in [3.05, 3.63) is 5.32 Å². The van der Waals surface area contributed by atoms with Crippen LogP contribution in [0.2, 0.25) is 0 Å². The van der Waals surface area contributed by atoms with Gasteiger partial charge in [-0.25, -0.2) is 0 Å². The topological polar surface area (TPSA) is 23.3 Å². The van der Waals surface area contributed by atoms with E-state index in [0.29, 0.717) is 12.1 Å². The van der Waals surface area contributed by atoms with Crippen molar-refractivity contribution >= 4 is 0 Å². The Morgan fingerprint density at radius 3 is 1.36 bits per heavy atom. The SMILES string of the molecule is C1CCOCC1.CC(C)[N-]C(C)C.[Li+]. The molecule has 1 aliphatic rings. The number of ether oxygens (including phenoxy) is 1. The predicted octanol–water partition coefficient (Wildman–Crippen LogP) is 0.368. The summed E-state index contributed by atoms with van der Waals surface area (Å²) in [5.41, 5.74) is 0. The first-order valence-electron chi connectivity index (χ1n) is 5.40. The van der Waals surface area contributed by atoms with Crippen molar-refractivity contribution in [3.8, 4) is 0 Å². The molecule has 3 heteroatoms. The van der Waals surface area contributed by atoms with Crippen LogP contribution in [0.15, 0.2) is 0 Å². The quantitative estimate of drug-likeness (QED) is 0.581. The third kappa shape index (κ3) is 15.0. The van der Waals surface area contributed by atoms with Crippen LogP contribution in [0.1, 0.15) is 47.0 Å². The average molecular weight is 193 g/mol. The van der Waals surface area contributed by atoms with Crippen LogP contribution in [-0.2, 0) is 4.74 Å². The molecule has 0 atom stereocenters. The van der Waals surface area contributed by atoms with E-state index < -0.39 is 0 Å². The monoisotopic (exact) mass is 193 g/mol. The molecule has 1 fully saturated rings. The molecule has 0 amide bonds. The summed E-state index contributed by atoms with van der Waals surface area (Å²) in [7, 11) is 0. The fourth-order valence-corrected chi connectivity index (χ4v) is 1.28. The second kappa shape index (κ2) is 11.6. The number of hydrogen-bond donors (Lipinski definition) is 0. The molecule has 0 aromatic rings. The molecule has 1 heterocycles. The molecule has 0 aliphatic carbocycles. The summed E-state index contributed by atoms with van der Waals surface area (Å²) in [5, 5.41) is 4.28. The molecule has 1 saturated heterocycles. The Bertz CT molecular complexity index is 86.0. The van der Waals surface area contributed by atoms with Crippen molar-refractivity contribution in [3.63, 3.8) is 0 Å².